The van der Waals surface area contributed by atoms with Crippen LogP contribution in [0.25, 0.3) is 10.4 Å². The fraction of sp³-hybridized carbons (Fsp3) is 0.400. The third-order valence-corrected chi connectivity index (χ3v) is 2.09. The molecule has 7 nitrogen and oxygen atoms in total. The van der Waals surface area contributed by atoms with Crippen molar-refractivity contribution in [1.29, 1.82) is 0 Å². The topological polar surface area (TPSA) is 101 Å². The highest BCUT2D eigenvalue weighted by atomic mass is 16.6. The molecule has 0 aromatic heterocycles. The Hall–Kier alpha value is -2.27. The molecule has 1 rings (SSSR count). The number of aryl methyl sites for hydroxylation is 1. The number of hydrogen-bond acceptors (Lipinski definition) is 4. The van der Waals surface area contributed by atoms with Crippen molar-refractivity contribution in [2.45, 2.75) is 13.3 Å². The van der Waals surface area contributed by atoms with Crippen LogP contribution >= 0.6 is 0 Å². The van der Waals surface area contributed by atoms with Crippen LogP contribution in [-0.4, -0.2) is 18.1 Å². The van der Waals surface area contributed by atoms with Crippen molar-refractivity contribution in [2.24, 2.45) is 5.11 Å². The third kappa shape index (κ3) is 4.00. The summed E-state index contributed by atoms with van der Waals surface area (Å²) in [6, 6.07) is 4.43. The highest BCUT2D eigenvalue weighted by Gasteiger charge is 2.08. The first kappa shape index (κ1) is 12.8. The van der Waals surface area contributed by atoms with E-state index in [0.717, 1.165) is 0 Å². The number of azide groups is 1. The van der Waals surface area contributed by atoms with Crippen molar-refractivity contribution < 1.29 is 9.66 Å². The van der Waals surface area contributed by atoms with E-state index in [1.807, 2.05) is 0 Å². The van der Waals surface area contributed by atoms with E-state index in [1.54, 1.807) is 13.0 Å². The Labute approximate surface area is 97.8 Å². The SMILES string of the molecule is Cc1cc([N+](=O)[O-])ccc1OCCCN=[N+]=[N-]. The molecule has 0 aliphatic heterocycles. The van der Waals surface area contributed by atoms with Crippen LogP contribution in [0, 0.1) is 17.0 Å². The van der Waals surface area contributed by atoms with Gasteiger partial charge in [-0.15, -0.1) is 0 Å². The van der Waals surface area contributed by atoms with E-state index in [-0.39, 0.29) is 5.69 Å². The lowest BCUT2D eigenvalue weighted by molar-refractivity contribution is -0.384. The fourth-order valence-corrected chi connectivity index (χ4v) is 1.27. The molecular formula is C10H12N4O3. The van der Waals surface area contributed by atoms with E-state index in [4.69, 9.17) is 10.3 Å². The molecule has 0 fully saturated rings. The van der Waals surface area contributed by atoms with Crippen LogP contribution in [0.3, 0.4) is 0 Å². The van der Waals surface area contributed by atoms with E-state index in [1.165, 1.54) is 12.1 Å². The largest absolute Gasteiger partial charge is 0.493 e. The highest BCUT2D eigenvalue weighted by molar-refractivity contribution is 5.42. The van der Waals surface area contributed by atoms with Gasteiger partial charge in [0, 0.05) is 23.6 Å². The predicted molar refractivity (Wildman–Crippen MR) is 62.0 cm³/mol. The molecule has 0 radical (unpaired) electrons. The lowest BCUT2D eigenvalue weighted by Crippen LogP contribution is -2.00. The van der Waals surface area contributed by atoms with E-state index < -0.39 is 4.92 Å². The summed E-state index contributed by atoms with van der Waals surface area (Å²) in [7, 11) is 0. The number of rotatable bonds is 6. The molecule has 0 heterocycles. The first-order chi connectivity index (χ1) is 8.15. The van der Waals surface area contributed by atoms with E-state index in [2.05, 4.69) is 10.0 Å². The van der Waals surface area contributed by atoms with Gasteiger partial charge in [0.25, 0.3) is 5.69 Å². The van der Waals surface area contributed by atoms with Crippen LogP contribution in [0.4, 0.5) is 5.69 Å². The molecule has 1 aromatic carbocycles. The van der Waals surface area contributed by atoms with E-state index in [0.29, 0.717) is 30.9 Å². The van der Waals surface area contributed by atoms with Gasteiger partial charge in [0.1, 0.15) is 5.75 Å². The maximum absolute atomic E-state index is 10.5. The summed E-state index contributed by atoms with van der Waals surface area (Å²) in [6.07, 6.45) is 0.612. The summed E-state index contributed by atoms with van der Waals surface area (Å²) in [6.45, 7) is 2.54. The van der Waals surface area contributed by atoms with Crippen molar-refractivity contribution >= 4 is 5.69 Å². The maximum Gasteiger partial charge on any atom is 0.269 e. The number of non-ortho nitro benzene ring substituents is 1. The van der Waals surface area contributed by atoms with Crippen molar-refractivity contribution in [3.05, 3.63) is 44.3 Å². The lowest BCUT2D eigenvalue weighted by Gasteiger charge is -2.07. The first-order valence-corrected chi connectivity index (χ1v) is 5.04. The van der Waals surface area contributed by atoms with Gasteiger partial charge in [-0.3, -0.25) is 10.1 Å². The summed E-state index contributed by atoms with van der Waals surface area (Å²) < 4.78 is 5.41. The van der Waals surface area contributed by atoms with Crippen molar-refractivity contribution in [2.75, 3.05) is 13.2 Å². The predicted octanol–water partition coefficient (Wildman–Crippen LogP) is 2.98. The van der Waals surface area contributed by atoms with Crippen molar-refractivity contribution in [1.82, 2.24) is 0 Å². The zero-order valence-electron chi connectivity index (χ0n) is 9.37. The van der Waals surface area contributed by atoms with Gasteiger partial charge < -0.3 is 4.74 Å². The molecule has 0 atom stereocenters. The number of benzene rings is 1. The minimum absolute atomic E-state index is 0.0453. The Morgan fingerprint density at radius 2 is 2.35 bits per heavy atom. The van der Waals surface area contributed by atoms with Gasteiger partial charge in [-0.1, -0.05) is 5.11 Å². The van der Waals surface area contributed by atoms with Crippen LogP contribution < -0.4 is 4.74 Å². The number of nitro groups is 1. The summed E-state index contributed by atoms with van der Waals surface area (Å²) in [5.41, 5.74) is 8.82. The Morgan fingerprint density at radius 1 is 1.59 bits per heavy atom. The van der Waals surface area contributed by atoms with Gasteiger partial charge in [0.2, 0.25) is 0 Å². The third-order valence-electron chi connectivity index (χ3n) is 2.09. The molecule has 0 unspecified atom stereocenters. The summed E-state index contributed by atoms with van der Waals surface area (Å²) in [5.74, 6) is 0.608. The number of hydrogen-bond donors (Lipinski definition) is 0. The zero-order chi connectivity index (χ0) is 12.7. The minimum Gasteiger partial charge on any atom is -0.493 e. The Morgan fingerprint density at radius 3 is 2.94 bits per heavy atom. The monoisotopic (exact) mass is 236 g/mol. The quantitative estimate of drug-likeness (QED) is 0.189. The molecule has 17 heavy (non-hydrogen) atoms. The molecule has 0 amide bonds. The summed E-state index contributed by atoms with van der Waals surface area (Å²) in [4.78, 5) is 12.7. The molecule has 0 aliphatic carbocycles. The normalized spacial score (nSPS) is 9.47. The standard InChI is InChI=1S/C10H12N4O3/c1-8-7-9(14(15)16)3-4-10(8)17-6-2-5-12-13-11/h3-4,7H,2,5-6H2,1H3. The highest BCUT2D eigenvalue weighted by Crippen LogP contribution is 2.23. The smallest absolute Gasteiger partial charge is 0.269 e. The Kier molecular flexibility index (Phi) is 4.77. The molecule has 0 saturated carbocycles. The molecule has 1 aromatic rings. The second-order valence-corrected chi connectivity index (χ2v) is 3.36. The Balaban J connectivity index is 2.54. The molecule has 0 spiro atoms. The summed E-state index contributed by atoms with van der Waals surface area (Å²) >= 11 is 0. The van der Waals surface area contributed by atoms with Crippen LogP contribution in [0.1, 0.15) is 12.0 Å². The van der Waals surface area contributed by atoms with Gasteiger partial charge in [-0.25, -0.2) is 0 Å². The van der Waals surface area contributed by atoms with Gasteiger partial charge in [0.15, 0.2) is 0 Å². The van der Waals surface area contributed by atoms with E-state index >= 15 is 0 Å². The molecule has 0 aliphatic rings. The van der Waals surface area contributed by atoms with Crippen molar-refractivity contribution in [3.63, 3.8) is 0 Å². The molecule has 0 saturated heterocycles. The van der Waals surface area contributed by atoms with Gasteiger partial charge in [-0.05, 0) is 30.5 Å². The van der Waals surface area contributed by atoms with Crippen LogP contribution in [0.5, 0.6) is 5.75 Å². The lowest BCUT2D eigenvalue weighted by atomic mass is 10.2. The number of nitro benzene ring substituents is 1. The summed E-state index contributed by atoms with van der Waals surface area (Å²) in [5, 5.41) is 13.9. The fourth-order valence-electron chi connectivity index (χ4n) is 1.27. The number of ether oxygens (including phenoxy) is 1. The maximum atomic E-state index is 10.5. The number of nitrogens with zero attached hydrogens (tertiary/aromatic N) is 4. The average molecular weight is 236 g/mol. The second-order valence-electron chi connectivity index (χ2n) is 3.36. The molecule has 0 N–H and O–H groups in total. The van der Waals surface area contributed by atoms with Crippen LogP contribution in [-0.2, 0) is 0 Å². The van der Waals surface area contributed by atoms with Crippen LogP contribution in [0.15, 0.2) is 23.3 Å². The molecule has 90 valence electrons. The first-order valence-electron chi connectivity index (χ1n) is 5.04. The van der Waals surface area contributed by atoms with Crippen molar-refractivity contribution in [3.8, 4) is 5.75 Å². The molecule has 7 heteroatoms. The van der Waals surface area contributed by atoms with Gasteiger partial charge in [0.05, 0.1) is 11.5 Å². The molecular weight excluding hydrogens is 224 g/mol. The van der Waals surface area contributed by atoms with Gasteiger partial charge in [-0.2, -0.15) is 0 Å². The second kappa shape index (κ2) is 6.34. The van der Waals surface area contributed by atoms with Crippen LogP contribution in [0.2, 0.25) is 0 Å². The average Bonchev–Trinajstić information content (AvgIpc) is 2.30. The molecule has 0 bridgehead atoms. The van der Waals surface area contributed by atoms with Gasteiger partial charge >= 0.3 is 0 Å². The minimum atomic E-state index is -0.446. The zero-order valence-corrected chi connectivity index (χ0v) is 9.37. The Bertz CT molecular complexity index is 455. The van der Waals surface area contributed by atoms with E-state index in [9.17, 15) is 10.1 Å².